The van der Waals surface area contributed by atoms with Gasteiger partial charge in [-0.2, -0.15) is 0 Å². The van der Waals surface area contributed by atoms with Crippen molar-refractivity contribution in [1.82, 2.24) is 0 Å². The summed E-state index contributed by atoms with van der Waals surface area (Å²) in [6, 6.07) is 19.7. The van der Waals surface area contributed by atoms with Crippen molar-refractivity contribution in [3.8, 4) is 5.75 Å². The van der Waals surface area contributed by atoms with E-state index in [0.717, 1.165) is 11.1 Å². The van der Waals surface area contributed by atoms with Gasteiger partial charge in [-0.3, -0.25) is 9.59 Å². The number of rotatable bonds is 12. The van der Waals surface area contributed by atoms with E-state index >= 15 is 0 Å². The number of hydrogen-bond donors (Lipinski definition) is 2. The maximum atomic E-state index is 14.1. The standard InChI is InChI=1S/C49H56N2O11/c1-14-29-15-17-30(18-16-29)28-58-39-26-31(40(52)50-37-22-33(42(54)59-46(2,3)4)20-34(23-37)43(55)60-47(5,6)7)19-32(27-39)41(53)51-38-24-35(44(56)61-48(8,9)10)21-36(25-38)45(57)62-49(11,12)13/h14-27H,1,28H2,2-13H3,(H,50,52)(H,51,53). The summed E-state index contributed by atoms with van der Waals surface area (Å²) >= 11 is 0. The molecule has 0 aliphatic rings. The quantitative estimate of drug-likeness (QED) is 0.103. The molecule has 328 valence electrons. The molecule has 0 atom stereocenters. The van der Waals surface area contributed by atoms with E-state index in [0.29, 0.717) is 0 Å². The van der Waals surface area contributed by atoms with Gasteiger partial charge in [0.2, 0.25) is 0 Å². The van der Waals surface area contributed by atoms with Crippen LogP contribution in [0.1, 0.15) is 156 Å². The van der Waals surface area contributed by atoms with Crippen LogP contribution < -0.4 is 15.4 Å². The summed E-state index contributed by atoms with van der Waals surface area (Å²) in [5.74, 6) is -4.26. The predicted octanol–water partition coefficient (Wildman–Crippen LogP) is 10.2. The first-order chi connectivity index (χ1) is 28.6. The molecule has 0 aliphatic carbocycles. The van der Waals surface area contributed by atoms with Crippen molar-refractivity contribution in [1.29, 1.82) is 0 Å². The number of esters is 4. The van der Waals surface area contributed by atoms with Gasteiger partial charge >= 0.3 is 23.9 Å². The number of benzene rings is 4. The lowest BCUT2D eigenvalue weighted by Crippen LogP contribution is -2.26. The van der Waals surface area contributed by atoms with Gasteiger partial charge in [0.15, 0.2) is 0 Å². The van der Waals surface area contributed by atoms with Crippen LogP contribution in [0.4, 0.5) is 11.4 Å². The Morgan fingerprint density at radius 2 is 0.774 bits per heavy atom. The summed E-state index contributed by atoms with van der Waals surface area (Å²) in [6.45, 7) is 24.2. The van der Waals surface area contributed by atoms with E-state index in [9.17, 15) is 28.8 Å². The molecule has 62 heavy (non-hydrogen) atoms. The maximum Gasteiger partial charge on any atom is 0.338 e. The molecule has 4 rings (SSSR count). The lowest BCUT2D eigenvalue weighted by Gasteiger charge is -2.21. The van der Waals surface area contributed by atoms with Crippen LogP contribution in [-0.4, -0.2) is 58.1 Å². The highest BCUT2D eigenvalue weighted by Crippen LogP contribution is 2.26. The first-order valence-corrected chi connectivity index (χ1v) is 19.9. The van der Waals surface area contributed by atoms with Gasteiger partial charge in [0, 0.05) is 22.5 Å². The van der Waals surface area contributed by atoms with Crippen molar-refractivity contribution in [3.05, 3.63) is 130 Å². The Bertz CT molecular complexity index is 2140. The first-order valence-electron chi connectivity index (χ1n) is 19.9. The van der Waals surface area contributed by atoms with Crippen molar-refractivity contribution >= 4 is 53.1 Å². The van der Waals surface area contributed by atoms with Crippen molar-refractivity contribution in [2.45, 2.75) is 112 Å². The van der Waals surface area contributed by atoms with E-state index in [4.69, 9.17) is 23.7 Å². The third-order valence-corrected chi connectivity index (χ3v) is 7.97. The minimum atomic E-state index is -0.859. The van der Waals surface area contributed by atoms with E-state index in [1.54, 1.807) is 89.2 Å². The Kier molecular flexibility index (Phi) is 14.6. The number of carbonyl (C=O) groups excluding carboxylic acids is 6. The zero-order valence-corrected chi connectivity index (χ0v) is 37.5. The molecule has 2 N–H and O–H groups in total. The average Bonchev–Trinajstić information content (AvgIpc) is 3.14. The third-order valence-electron chi connectivity index (χ3n) is 7.97. The van der Waals surface area contributed by atoms with Gasteiger partial charge in [-0.05, 0) is 149 Å². The molecule has 0 saturated carbocycles. The summed E-state index contributed by atoms with van der Waals surface area (Å²) in [5.41, 5.74) is -1.75. The molecule has 0 unspecified atom stereocenters. The molecule has 0 aliphatic heterocycles. The Hall–Kier alpha value is -6.76. The summed E-state index contributed by atoms with van der Waals surface area (Å²) in [7, 11) is 0. The minimum absolute atomic E-state index is 0.0161. The van der Waals surface area contributed by atoms with Crippen molar-refractivity contribution in [2.24, 2.45) is 0 Å². The average molecular weight is 849 g/mol. The Labute approximate surface area is 363 Å². The molecule has 2 amide bonds. The number of carbonyl (C=O) groups is 6. The molecule has 13 nitrogen and oxygen atoms in total. The topological polar surface area (TPSA) is 173 Å². The second-order valence-electron chi connectivity index (χ2n) is 18.5. The van der Waals surface area contributed by atoms with E-state index in [1.807, 2.05) is 24.3 Å². The molecule has 0 spiro atoms. The molecular formula is C49H56N2O11. The van der Waals surface area contributed by atoms with Gasteiger partial charge in [-0.25, -0.2) is 19.2 Å². The van der Waals surface area contributed by atoms with Crippen LogP contribution >= 0.6 is 0 Å². The molecule has 0 aromatic heterocycles. The molecule has 13 heteroatoms. The summed E-state index contributed by atoms with van der Waals surface area (Å²) < 4.78 is 28.3. The largest absolute Gasteiger partial charge is 0.489 e. The number of ether oxygens (including phenoxy) is 5. The molecule has 0 saturated heterocycles. The normalized spacial score (nSPS) is 11.7. The molecule has 4 aromatic rings. The van der Waals surface area contributed by atoms with Crippen LogP contribution in [-0.2, 0) is 25.6 Å². The van der Waals surface area contributed by atoms with Crippen LogP contribution in [0.15, 0.2) is 85.4 Å². The van der Waals surface area contributed by atoms with Crippen LogP contribution in [0.2, 0.25) is 0 Å². The van der Waals surface area contributed by atoms with Crippen LogP contribution in [0.5, 0.6) is 5.75 Å². The second-order valence-corrected chi connectivity index (χ2v) is 18.5. The monoisotopic (exact) mass is 848 g/mol. The molecule has 4 aromatic carbocycles. The van der Waals surface area contributed by atoms with Crippen LogP contribution in [0.25, 0.3) is 6.08 Å². The Balaban J connectivity index is 1.77. The van der Waals surface area contributed by atoms with Crippen molar-refractivity contribution in [2.75, 3.05) is 10.6 Å². The molecule has 0 radical (unpaired) electrons. The number of hydrogen-bond acceptors (Lipinski definition) is 11. The van der Waals surface area contributed by atoms with Crippen molar-refractivity contribution < 1.29 is 52.5 Å². The van der Waals surface area contributed by atoms with E-state index < -0.39 is 58.1 Å². The van der Waals surface area contributed by atoms with Gasteiger partial charge in [-0.1, -0.05) is 36.9 Å². The molecule has 0 fully saturated rings. The lowest BCUT2D eigenvalue weighted by atomic mass is 10.1. The molecular weight excluding hydrogens is 793 g/mol. The number of nitrogens with one attached hydrogen (secondary N) is 2. The van der Waals surface area contributed by atoms with Crippen LogP contribution in [0.3, 0.4) is 0 Å². The van der Waals surface area contributed by atoms with Crippen LogP contribution in [0, 0.1) is 0 Å². The fraction of sp³-hybridized carbons (Fsp3) is 0.347. The lowest BCUT2D eigenvalue weighted by molar-refractivity contribution is 0.00465. The minimum Gasteiger partial charge on any atom is -0.489 e. The van der Waals surface area contributed by atoms with Gasteiger partial charge < -0.3 is 34.3 Å². The summed E-state index contributed by atoms with van der Waals surface area (Å²) in [6.07, 6.45) is 1.71. The van der Waals surface area contributed by atoms with Gasteiger partial charge in [0.05, 0.1) is 22.3 Å². The Morgan fingerprint density at radius 3 is 1.06 bits per heavy atom. The molecule has 0 heterocycles. The molecule has 0 bridgehead atoms. The second kappa shape index (κ2) is 18.9. The van der Waals surface area contributed by atoms with Gasteiger partial charge in [0.25, 0.3) is 11.8 Å². The zero-order chi connectivity index (χ0) is 46.4. The van der Waals surface area contributed by atoms with Gasteiger partial charge in [-0.15, -0.1) is 0 Å². The van der Waals surface area contributed by atoms with Gasteiger partial charge in [0.1, 0.15) is 34.8 Å². The Morgan fingerprint density at radius 1 is 0.468 bits per heavy atom. The fourth-order valence-corrected chi connectivity index (χ4v) is 5.49. The number of anilines is 2. The van der Waals surface area contributed by atoms with E-state index in [-0.39, 0.29) is 57.1 Å². The van der Waals surface area contributed by atoms with Crippen molar-refractivity contribution in [3.63, 3.8) is 0 Å². The predicted molar refractivity (Wildman–Crippen MR) is 237 cm³/mol. The maximum absolute atomic E-state index is 14.1. The smallest absolute Gasteiger partial charge is 0.338 e. The first kappa shape index (κ1) is 47.9. The summed E-state index contributed by atoms with van der Waals surface area (Å²) in [5, 5.41) is 5.45. The fourth-order valence-electron chi connectivity index (χ4n) is 5.49. The highest BCUT2D eigenvalue weighted by Gasteiger charge is 2.26. The summed E-state index contributed by atoms with van der Waals surface area (Å²) in [4.78, 5) is 81.0. The highest BCUT2D eigenvalue weighted by molar-refractivity contribution is 6.10. The highest BCUT2D eigenvalue weighted by atomic mass is 16.6. The van der Waals surface area contributed by atoms with E-state index in [2.05, 4.69) is 17.2 Å². The number of amides is 2. The zero-order valence-electron chi connectivity index (χ0n) is 37.5. The third kappa shape index (κ3) is 15.1. The SMILES string of the molecule is C=Cc1ccc(COc2cc(C(=O)Nc3cc(C(=O)OC(C)(C)C)cc(C(=O)OC(C)(C)C)c3)cc(C(=O)Nc3cc(C(=O)OC(C)(C)C)cc(C(=O)OC(C)(C)C)c3)c2)cc1. The van der Waals surface area contributed by atoms with E-state index in [1.165, 1.54) is 54.6 Å².